The summed E-state index contributed by atoms with van der Waals surface area (Å²) in [6.45, 7) is 7.62. The number of unbranched alkanes of at least 4 members (excludes halogenated alkanes) is 2. The third kappa shape index (κ3) is 4.31. The summed E-state index contributed by atoms with van der Waals surface area (Å²) >= 11 is 0. The maximum Gasteiger partial charge on any atom is 0.169 e. The second-order valence-corrected chi connectivity index (χ2v) is 5.74. The first kappa shape index (κ1) is 17.0. The van der Waals surface area contributed by atoms with E-state index in [0.717, 1.165) is 57.4 Å². The Bertz CT molecular complexity index is 472. The molecule has 1 fully saturated rings. The van der Waals surface area contributed by atoms with E-state index in [1.807, 2.05) is 18.2 Å². The van der Waals surface area contributed by atoms with Crippen LogP contribution in [0.2, 0.25) is 0 Å². The second-order valence-electron chi connectivity index (χ2n) is 5.74. The molecule has 0 unspecified atom stereocenters. The third-order valence-electron chi connectivity index (χ3n) is 4.30. The number of nitrogens with one attached hydrogen (secondary N) is 1. The summed E-state index contributed by atoms with van der Waals surface area (Å²) in [6.07, 6.45) is 6.13. The van der Waals surface area contributed by atoms with Crippen molar-refractivity contribution in [2.75, 3.05) is 33.3 Å². The third-order valence-corrected chi connectivity index (χ3v) is 4.30. The van der Waals surface area contributed by atoms with Gasteiger partial charge in [0.1, 0.15) is 0 Å². The van der Waals surface area contributed by atoms with Crippen molar-refractivity contribution in [3.8, 4) is 5.75 Å². The molecule has 1 aromatic carbocycles. The average molecular weight is 306 g/mol. The summed E-state index contributed by atoms with van der Waals surface area (Å²) in [7, 11) is 1.52. The van der Waals surface area contributed by atoms with E-state index in [1.54, 1.807) is 6.07 Å². The fourth-order valence-electron chi connectivity index (χ4n) is 3.10. The minimum atomic E-state index is -0.211. The monoisotopic (exact) mass is 306 g/mol. The predicted octanol–water partition coefficient (Wildman–Crippen LogP) is 3.53. The Kier molecular flexibility index (Phi) is 6.87. The van der Waals surface area contributed by atoms with Crippen molar-refractivity contribution in [2.24, 2.45) is 0 Å². The molecule has 2 rings (SSSR count). The zero-order chi connectivity index (χ0) is 15.8. The molecule has 1 atom stereocenters. The average Bonchev–Trinajstić information content (AvgIpc) is 2.57. The SMILES string of the molecule is C=CCCCC[C@@H](c1cccc(OC)c1F)N1CCNCC1. The van der Waals surface area contributed by atoms with E-state index in [0.29, 0.717) is 5.75 Å². The molecule has 0 bridgehead atoms. The number of hydrogen-bond acceptors (Lipinski definition) is 3. The van der Waals surface area contributed by atoms with Crippen LogP contribution in [0.5, 0.6) is 5.75 Å². The minimum Gasteiger partial charge on any atom is -0.494 e. The lowest BCUT2D eigenvalue weighted by Crippen LogP contribution is -2.45. The molecule has 1 heterocycles. The molecule has 22 heavy (non-hydrogen) atoms. The first-order valence-electron chi connectivity index (χ1n) is 8.16. The summed E-state index contributed by atoms with van der Waals surface area (Å²) in [5.41, 5.74) is 0.764. The summed E-state index contributed by atoms with van der Waals surface area (Å²) < 4.78 is 19.8. The lowest BCUT2D eigenvalue weighted by Gasteiger charge is -2.35. The van der Waals surface area contributed by atoms with Gasteiger partial charge in [-0.15, -0.1) is 6.58 Å². The van der Waals surface area contributed by atoms with Crippen LogP contribution >= 0.6 is 0 Å². The molecule has 122 valence electrons. The number of methoxy groups -OCH3 is 1. The van der Waals surface area contributed by atoms with E-state index in [1.165, 1.54) is 7.11 Å². The topological polar surface area (TPSA) is 24.5 Å². The highest BCUT2D eigenvalue weighted by molar-refractivity contribution is 5.33. The summed E-state index contributed by atoms with van der Waals surface area (Å²) in [5.74, 6) is 0.126. The van der Waals surface area contributed by atoms with Gasteiger partial charge < -0.3 is 10.1 Å². The molecule has 4 heteroatoms. The van der Waals surface area contributed by atoms with Gasteiger partial charge in [0.25, 0.3) is 0 Å². The van der Waals surface area contributed by atoms with Crippen LogP contribution in [0.15, 0.2) is 30.9 Å². The Hall–Kier alpha value is -1.39. The van der Waals surface area contributed by atoms with E-state index < -0.39 is 0 Å². The van der Waals surface area contributed by atoms with Gasteiger partial charge in [0.2, 0.25) is 0 Å². The number of nitrogens with zero attached hydrogens (tertiary/aromatic N) is 1. The molecule has 1 saturated heterocycles. The van der Waals surface area contributed by atoms with Crippen LogP contribution in [-0.4, -0.2) is 38.2 Å². The quantitative estimate of drug-likeness (QED) is 0.587. The van der Waals surface area contributed by atoms with Crippen LogP contribution in [0.1, 0.15) is 37.3 Å². The highest BCUT2D eigenvalue weighted by Crippen LogP contribution is 2.32. The molecular weight excluding hydrogens is 279 g/mol. The smallest absolute Gasteiger partial charge is 0.169 e. The highest BCUT2D eigenvalue weighted by Gasteiger charge is 2.25. The largest absolute Gasteiger partial charge is 0.494 e. The minimum absolute atomic E-state index is 0.127. The number of allylic oxidation sites excluding steroid dienone is 1. The molecule has 1 aromatic rings. The van der Waals surface area contributed by atoms with Gasteiger partial charge >= 0.3 is 0 Å². The highest BCUT2D eigenvalue weighted by atomic mass is 19.1. The Morgan fingerprint density at radius 2 is 2.14 bits per heavy atom. The molecule has 1 aliphatic rings. The maximum absolute atomic E-state index is 14.7. The first-order chi connectivity index (χ1) is 10.8. The lowest BCUT2D eigenvalue weighted by molar-refractivity contribution is 0.159. The van der Waals surface area contributed by atoms with Crippen molar-refractivity contribution in [1.82, 2.24) is 10.2 Å². The van der Waals surface area contributed by atoms with Gasteiger partial charge in [-0.2, -0.15) is 0 Å². The summed E-state index contributed by atoms with van der Waals surface area (Å²) in [4.78, 5) is 2.39. The number of hydrogen-bond donors (Lipinski definition) is 1. The molecule has 1 N–H and O–H groups in total. The Labute approximate surface area is 133 Å². The fraction of sp³-hybridized carbons (Fsp3) is 0.556. The summed E-state index contributed by atoms with van der Waals surface area (Å²) in [6, 6.07) is 5.60. The molecule has 0 aromatic heterocycles. The van der Waals surface area contributed by atoms with Crippen LogP contribution in [0, 0.1) is 5.82 Å². The Morgan fingerprint density at radius 3 is 2.82 bits per heavy atom. The van der Waals surface area contributed by atoms with Gasteiger partial charge in [-0.05, 0) is 25.3 Å². The van der Waals surface area contributed by atoms with Crippen molar-refractivity contribution < 1.29 is 9.13 Å². The Morgan fingerprint density at radius 1 is 1.36 bits per heavy atom. The molecule has 1 aliphatic heterocycles. The van der Waals surface area contributed by atoms with Gasteiger partial charge in [-0.25, -0.2) is 4.39 Å². The molecule has 0 spiro atoms. The number of ether oxygens (including phenoxy) is 1. The van der Waals surface area contributed by atoms with Crippen LogP contribution in [0.25, 0.3) is 0 Å². The van der Waals surface area contributed by atoms with Crippen molar-refractivity contribution in [1.29, 1.82) is 0 Å². The number of rotatable bonds is 8. The lowest BCUT2D eigenvalue weighted by atomic mass is 9.97. The predicted molar refractivity (Wildman–Crippen MR) is 88.8 cm³/mol. The zero-order valence-corrected chi connectivity index (χ0v) is 13.5. The molecular formula is C18H27FN2O. The van der Waals surface area contributed by atoms with E-state index in [4.69, 9.17) is 4.74 Å². The molecule has 0 saturated carbocycles. The second kappa shape index (κ2) is 8.91. The van der Waals surface area contributed by atoms with Crippen molar-refractivity contribution in [3.05, 3.63) is 42.2 Å². The van der Waals surface area contributed by atoms with Gasteiger partial charge in [0, 0.05) is 37.8 Å². The number of benzene rings is 1. The van der Waals surface area contributed by atoms with Crippen LogP contribution in [-0.2, 0) is 0 Å². The molecule has 0 amide bonds. The normalized spacial score (nSPS) is 17.2. The summed E-state index contributed by atoms with van der Waals surface area (Å²) in [5, 5.41) is 3.36. The van der Waals surface area contributed by atoms with Crippen molar-refractivity contribution >= 4 is 0 Å². The van der Waals surface area contributed by atoms with E-state index in [2.05, 4.69) is 16.8 Å². The van der Waals surface area contributed by atoms with Gasteiger partial charge in [0.15, 0.2) is 11.6 Å². The molecule has 0 aliphatic carbocycles. The number of halogens is 1. The number of piperazine rings is 1. The van der Waals surface area contributed by atoms with E-state index in [9.17, 15) is 4.39 Å². The van der Waals surface area contributed by atoms with Crippen LogP contribution < -0.4 is 10.1 Å². The maximum atomic E-state index is 14.7. The first-order valence-corrected chi connectivity index (χ1v) is 8.16. The molecule has 0 radical (unpaired) electrons. The zero-order valence-electron chi connectivity index (χ0n) is 13.5. The van der Waals surface area contributed by atoms with E-state index in [-0.39, 0.29) is 11.9 Å². The fourth-order valence-corrected chi connectivity index (χ4v) is 3.10. The van der Waals surface area contributed by atoms with Gasteiger partial charge in [-0.3, -0.25) is 4.90 Å². The van der Waals surface area contributed by atoms with Crippen LogP contribution in [0.4, 0.5) is 4.39 Å². The van der Waals surface area contributed by atoms with Crippen molar-refractivity contribution in [2.45, 2.75) is 31.7 Å². The van der Waals surface area contributed by atoms with Gasteiger partial charge in [-0.1, -0.05) is 24.6 Å². The van der Waals surface area contributed by atoms with Crippen LogP contribution in [0.3, 0.4) is 0 Å². The Balaban J connectivity index is 2.16. The standard InChI is InChI=1S/C18H27FN2O/c1-3-4-5-6-9-16(21-13-11-20-12-14-21)15-8-7-10-17(22-2)18(15)19/h3,7-8,10,16,20H,1,4-6,9,11-14H2,2H3/t16-/m0/s1. The van der Waals surface area contributed by atoms with E-state index >= 15 is 0 Å². The van der Waals surface area contributed by atoms with Gasteiger partial charge in [0.05, 0.1) is 7.11 Å². The van der Waals surface area contributed by atoms with Crippen molar-refractivity contribution in [3.63, 3.8) is 0 Å². The molecule has 3 nitrogen and oxygen atoms in total.